The molecule has 1 unspecified atom stereocenters. The Labute approximate surface area is 127 Å². The zero-order chi connectivity index (χ0) is 14.9. The lowest BCUT2D eigenvalue weighted by molar-refractivity contribution is 0.600. The lowest BCUT2D eigenvalue weighted by Gasteiger charge is -2.14. The van der Waals surface area contributed by atoms with Gasteiger partial charge in [0.1, 0.15) is 4.90 Å². The number of anilines is 1. The van der Waals surface area contributed by atoms with Crippen LogP contribution >= 0.6 is 15.9 Å². The van der Waals surface area contributed by atoms with E-state index in [1.165, 1.54) is 0 Å². The molecule has 0 amide bonds. The highest BCUT2D eigenvalue weighted by atomic mass is 79.9. The number of aromatic amines is 1. The third-order valence-corrected chi connectivity index (χ3v) is 5.08. The minimum atomic E-state index is -3.65. The Bertz CT molecular complexity index is 703. The van der Waals surface area contributed by atoms with Gasteiger partial charge in [0.2, 0.25) is 0 Å². The van der Waals surface area contributed by atoms with Gasteiger partial charge in [-0.05, 0) is 32.4 Å². The number of alkyl halides is 1. The number of nitrogens with zero attached hydrogens (tertiary/aromatic N) is 1. The normalized spacial score (nSPS) is 13.2. The van der Waals surface area contributed by atoms with E-state index in [1.807, 2.05) is 19.1 Å². The summed E-state index contributed by atoms with van der Waals surface area (Å²) in [6.07, 6.45) is 0. The Kier molecular flexibility index (Phi) is 4.19. The zero-order valence-corrected chi connectivity index (χ0v) is 13.8. The molecule has 2 N–H and O–H groups in total. The molecule has 0 radical (unpaired) electrons. The van der Waals surface area contributed by atoms with E-state index in [-0.39, 0.29) is 9.72 Å². The molecular weight excluding hydrogens is 342 g/mol. The Hall–Kier alpha value is -1.34. The number of hydrogen-bond donors (Lipinski definition) is 2. The summed E-state index contributed by atoms with van der Waals surface area (Å²) in [5.41, 5.74) is 2.44. The first-order valence-corrected chi connectivity index (χ1v) is 8.50. The summed E-state index contributed by atoms with van der Waals surface area (Å²) < 4.78 is 27.6. The van der Waals surface area contributed by atoms with Crippen LogP contribution < -0.4 is 4.72 Å². The number of benzene rings is 1. The fraction of sp³-hybridized carbons (Fsp3) is 0.308. The van der Waals surface area contributed by atoms with E-state index in [1.54, 1.807) is 26.0 Å². The fourth-order valence-electron chi connectivity index (χ4n) is 2.07. The van der Waals surface area contributed by atoms with Crippen LogP contribution in [0.3, 0.4) is 0 Å². The highest BCUT2D eigenvalue weighted by Crippen LogP contribution is 2.30. The largest absolute Gasteiger partial charge is 0.281 e. The van der Waals surface area contributed by atoms with Crippen molar-refractivity contribution < 1.29 is 8.42 Å². The summed E-state index contributed by atoms with van der Waals surface area (Å²) in [6, 6.07) is 7.30. The Balaban J connectivity index is 2.45. The van der Waals surface area contributed by atoms with Gasteiger partial charge in [-0.2, -0.15) is 5.10 Å². The van der Waals surface area contributed by atoms with Crippen LogP contribution in [0.4, 0.5) is 5.69 Å². The van der Waals surface area contributed by atoms with E-state index < -0.39 is 10.0 Å². The average Bonchev–Trinajstić information content (AvgIpc) is 2.69. The molecule has 0 saturated heterocycles. The highest BCUT2D eigenvalue weighted by molar-refractivity contribution is 9.09. The SMILES string of the molecule is Cc1n[nH]c(C)c1S(=O)(=O)Nc1ccccc1C(C)Br. The quantitative estimate of drug-likeness (QED) is 0.824. The Morgan fingerprint density at radius 2 is 1.95 bits per heavy atom. The van der Waals surface area contributed by atoms with Crippen LogP contribution in [-0.4, -0.2) is 18.6 Å². The summed E-state index contributed by atoms with van der Waals surface area (Å²) in [5, 5.41) is 6.62. The maximum Gasteiger partial charge on any atom is 0.265 e. The number of halogens is 1. The smallest absolute Gasteiger partial charge is 0.265 e. The second-order valence-electron chi connectivity index (χ2n) is 4.57. The van der Waals surface area contributed by atoms with Crippen LogP contribution in [-0.2, 0) is 10.0 Å². The van der Waals surface area contributed by atoms with Crippen molar-refractivity contribution in [2.24, 2.45) is 0 Å². The van der Waals surface area contributed by atoms with Gasteiger partial charge in [-0.1, -0.05) is 34.1 Å². The lowest BCUT2D eigenvalue weighted by atomic mass is 10.1. The minimum Gasteiger partial charge on any atom is -0.281 e. The van der Waals surface area contributed by atoms with Crippen molar-refractivity contribution >= 4 is 31.6 Å². The van der Waals surface area contributed by atoms with Gasteiger partial charge in [0, 0.05) is 4.83 Å². The van der Waals surface area contributed by atoms with Crippen LogP contribution in [0, 0.1) is 13.8 Å². The Morgan fingerprint density at radius 3 is 2.50 bits per heavy atom. The van der Waals surface area contributed by atoms with Crippen molar-refractivity contribution in [3.63, 3.8) is 0 Å². The van der Waals surface area contributed by atoms with Crippen LogP contribution in [0.15, 0.2) is 29.2 Å². The van der Waals surface area contributed by atoms with Crippen molar-refractivity contribution in [3.05, 3.63) is 41.2 Å². The van der Waals surface area contributed by atoms with Crippen molar-refractivity contribution in [1.29, 1.82) is 0 Å². The summed E-state index contributed by atoms with van der Waals surface area (Å²) in [4.78, 5) is 0.252. The number of sulfonamides is 1. The van der Waals surface area contributed by atoms with Gasteiger partial charge >= 0.3 is 0 Å². The zero-order valence-electron chi connectivity index (χ0n) is 11.4. The van der Waals surface area contributed by atoms with Crippen LogP contribution in [0.25, 0.3) is 0 Å². The minimum absolute atomic E-state index is 0.0490. The molecule has 0 aliphatic carbocycles. The van der Waals surface area contributed by atoms with Crippen molar-refractivity contribution in [2.45, 2.75) is 30.5 Å². The summed E-state index contributed by atoms with van der Waals surface area (Å²) in [6.45, 7) is 5.30. The summed E-state index contributed by atoms with van der Waals surface area (Å²) in [7, 11) is -3.65. The molecule has 0 saturated carbocycles. The topological polar surface area (TPSA) is 74.8 Å². The maximum absolute atomic E-state index is 12.5. The molecule has 1 aromatic heterocycles. The summed E-state index contributed by atoms with van der Waals surface area (Å²) in [5.74, 6) is 0. The van der Waals surface area contributed by atoms with Crippen LogP contribution in [0.5, 0.6) is 0 Å². The van der Waals surface area contributed by atoms with E-state index in [9.17, 15) is 8.42 Å². The molecule has 0 aliphatic heterocycles. The molecule has 0 aliphatic rings. The summed E-state index contributed by atoms with van der Waals surface area (Å²) >= 11 is 3.47. The van der Waals surface area contributed by atoms with Gasteiger partial charge in [-0.25, -0.2) is 8.42 Å². The molecule has 5 nitrogen and oxygen atoms in total. The molecule has 108 valence electrons. The molecule has 0 spiro atoms. The molecule has 2 aromatic rings. The van der Waals surface area contributed by atoms with Crippen LogP contribution in [0.2, 0.25) is 0 Å². The first-order chi connectivity index (χ1) is 9.33. The van der Waals surface area contributed by atoms with E-state index in [4.69, 9.17) is 0 Å². The molecule has 1 heterocycles. The number of para-hydroxylation sites is 1. The number of rotatable bonds is 4. The molecule has 0 bridgehead atoms. The van der Waals surface area contributed by atoms with Crippen molar-refractivity contribution in [2.75, 3.05) is 4.72 Å². The van der Waals surface area contributed by atoms with Gasteiger partial charge in [-0.3, -0.25) is 9.82 Å². The number of H-pyrrole nitrogens is 1. The number of hydrogen-bond acceptors (Lipinski definition) is 3. The van der Waals surface area contributed by atoms with Gasteiger partial charge in [-0.15, -0.1) is 0 Å². The van der Waals surface area contributed by atoms with E-state index >= 15 is 0 Å². The highest BCUT2D eigenvalue weighted by Gasteiger charge is 2.23. The molecular formula is C13H16BrN3O2S. The second kappa shape index (κ2) is 5.57. The van der Waals surface area contributed by atoms with E-state index in [0.29, 0.717) is 17.1 Å². The Morgan fingerprint density at radius 1 is 1.30 bits per heavy atom. The third kappa shape index (κ3) is 2.88. The predicted octanol–water partition coefficient (Wildman–Crippen LogP) is 3.28. The van der Waals surface area contributed by atoms with Gasteiger partial charge in [0.05, 0.1) is 17.1 Å². The standard InChI is InChI=1S/C13H16BrN3O2S/c1-8(14)11-6-4-5-7-12(11)17-20(18,19)13-9(2)15-16-10(13)3/h4-8,17H,1-3H3,(H,15,16). The average molecular weight is 358 g/mol. The van der Waals surface area contributed by atoms with Gasteiger partial charge < -0.3 is 0 Å². The molecule has 1 aromatic carbocycles. The predicted molar refractivity (Wildman–Crippen MR) is 82.7 cm³/mol. The molecule has 0 fully saturated rings. The second-order valence-corrected chi connectivity index (χ2v) is 7.56. The lowest BCUT2D eigenvalue weighted by Crippen LogP contribution is -2.15. The number of nitrogens with one attached hydrogen (secondary N) is 2. The number of aromatic nitrogens is 2. The molecule has 2 rings (SSSR count). The molecule has 20 heavy (non-hydrogen) atoms. The third-order valence-electron chi connectivity index (χ3n) is 2.96. The first kappa shape index (κ1) is 15.1. The molecule has 7 heteroatoms. The van der Waals surface area contributed by atoms with Gasteiger partial charge in [0.25, 0.3) is 10.0 Å². The van der Waals surface area contributed by atoms with E-state index in [0.717, 1.165) is 5.56 Å². The molecule has 1 atom stereocenters. The van der Waals surface area contributed by atoms with E-state index in [2.05, 4.69) is 30.8 Å². The van der Waals surface area contributed by atoms with Crippen LogP contribution in [0.1, 0.15) is 28.7 Å². The fourth-order valence-corrected chi connectivity index (χ4v) is 3.93. The van der Waals surface area contributed by atoms with Crippen molar-refractivity contribution in [3.8, 4) is 0 Å². The first-order valence-electron chi connectivity index (χ1n) is 6.10. The number of aryl methyl sites for hydroxylation is 2. The maximum atomic E-state index is 12.5. The monoisotopic (exact) mass is 357 g/mol. The van der Waals surface area contributed by atoms with Gasteiger partial charge in [0.15, 0.2) is 0 Å². The van der Waals surface area contributed by atoms with Crippen molar-refractivity contribution in [1.82, 2.24) is 10.2 Å².